The Morgan fingerprint density at radius 3 is 2.33 bits per heavy atom. The first-order chi connectivity index (χ1) is 14.4. The minimum atomic E-state index is -0.324. The number of para-hydroxylation sites is 1. The maximum atomic E-state index is 12.9. The van der Waals surface area contributed by atoms with Crippen LogP contribution in [0.15, 0.2) is 36.4 Å². The third-order valence-corrected chi connectivity index (χ3v) is 5.66. The van der Waals surface area contributed by atoms with Crippen molar-refractivity contribution in [2.45, 2.75) is 53.0 Å². The number of aryl methyl sites for hydroxylation is 2. The summed E-state index contributed by atoms with van der Waals surface area (Å²) >= 11 is 0. The van der Waals surface area contributed by atoms with Crippen molar-refractivity contribution in [2.75, 3.05) is 28.6 Å². The van der Waals surface area contributed by atoms with Gasteiger partial charge >= 0.3 is 6.03 Å². The number of hydrogen-bond donors (Lipinski definition) is 3. The second kappa shape index (κ2) is 9.65. The fraction of sp³-hybridized carbons (Fsp3) is 0.417. The highest BCUT2D eigenvalue weighted by atomic mass is 16.2. The van der Waals surface area contributed by atoms with E-state index in [-0.39, 0.29) is 18.0 Å². The third-order valence-electron chi connectivity index (χ3n) is 5.66. The number of carbonyl (C=O) groups is 2. The van der Waals surface area contributed by atoms with Gasteiger partial charge in [-0.05, 0) is 69.4 Å². The number of urea groups is 1. The Hall–Kier alpha value is -3.02. The van der Waals surface area contributed by atoms with Crippen LogP contribution >= 0.6 is 0 Å². The van der Waals surface area contributed by atoms with Crippen LogP contribution in [0.25, 0.3) is 0 Å². The van der Waals surface area contributed by atoms with Crippen LogP contribution in [0.3, 0.4) is 0 Å². The Morgan fingerprint density at radius 1 is 1.03 bits per heavy atom. The maximum absolute atomic E-state index is 12.9. The number of carbonyl (C=O) groups excluding carboxylic acids is 2. The average molecular weight is 409 g/mol. The van der Waals surface area contributed by atoms with Crippen molar-refractivity contribution in [2.24, 2.45) is 0 Å². The molecule has 1 saturated heterocycles. The van der Waals surface area contributed by atoms with Gasteiger partial charge in [0, 0.05) is 36.2 Å². The minimum absolute atomic E-state index is 0.0906. The highest BCUT2D eigenvalue weighted by Crippen LogP contribution is 2.28. The van der Waals surface area contributed by atoms with Gasteiger partial charge in [-0.2, -0.15) is 0 Å². The summed E-state index contributed by atoms with van der Waals surface area (Å²) in [7, 11) is 0. The molecule has 2 aromatic carbocycles. The highest BCUT2D eigenvalue weighted by molar-refractivity contribution is 6.04. The van der Waals surface area contributed by atoms with Crippen molar-refractivity contribution in [3.05, 3.63) is 53.1 Å². The summed E-state index contributed by atoms with van der Waals surface area (Å²) in [6.45, 7) is 9.86. The summed E-state index contributed by atoms with van der Waals surface area (Å²) in [5, 5.41) is 8.85. The van der Waals surface area contributed by atoms with Crippen molar-refractivity contribution in [1.82, 2.24) is 5.32 Å². The van der Waals surface area contributed by atoms with Crippen LogP contribution in [-0.2, 0) is 0 Å². The molecule has 3 amide bonds. The number of nitrogens with zero attached hydrogens (tertiary/aromatic N) is 1. The molecule has 0 aliphatic carbocycles. The first-order valence-corrected chi connectivity index (χ1v) is 10.7. The van der Waals surface area contributed by atoms with Crippen molar-refractivity contribution in [1.29, 1.82) is 0 Å². The number of nitrogens with one attached hydrogen (secondary N) is 3. The molecule has 1 aliphatic heterocycles. The molecule has 1 heterocycles. The predicted octanol–water partition coefficient (Wildman–Crippen LogP) is 5.08. The van der Waals surface area contributed by atoms with E-state index in [0.29, 0.717) is 11.3 Å². The minimum Gasteiger partial charge on any atom is -0.371 e. The molecule has 1 fully saturated rings. The summed E-state index contributed by atoms with van der Waals surface area (Å²) in [6, 6.07) is 11.2. The lowest BCUT2D eigenvalue weighted by molar-refractivity contribution is 0.0939. The van der Waals surface area contributed by atoms with E-state index >= 15 is 0 Å². The summed E-state index contributed by atoms with van der Waals surface area (Å²) < 4.78 is 0. The molecule has 0 bridgehead atoms. The summed E-state index contributed by atoms with van der Waals surface area (Å²) in [5.74, 6) is -0.106. The number of benzene rings is 2. The van der Waals surface area contributed by atoms with Gasteiger partial charge in [0.05, 0.1) is 5.56 Å². The number of hydrogen-bond acceptors (Lipinski definition) is 3. The SMILES string of the molecule is CCC(C)NC(=O)c1cc(NC(=O)Nc2c(C)cccc2C)ccc1N1CCCC1. The molecule has 0 saturated carbocycles. The van der Waals surface area contributed by atoms with Crippen molar-refractivity contribution < 1.29 is 9.59 Å². The molecule has 0 radical (unpaired) electrons. The monoisotopic (exact) mass is 408 g/mol. The number of anilines is 3. The quantitative estimate of drug-likeness (QED) is 0.624. The van der Waals surface area contributed by atoms with Gasteiger partial charge in [-0.15, -0.1) is 0 Å². The van der Waals surface area contributed by atoms with Crippen LogP contribution in [0.2, 0.25) is 0 Å². The zero-order valence-corrected chi connectivity index (χ0v) is 18.3. The summed E-state index contributed by atoms with van der Waals surface area (Å²) in [6.07, 6.45) is 3.12. The van der Waals surface area contributed by atoms with E-state index in [1.165, 1.54) is 0 Å². The second-order valence-corrected chi connectivity index (χ2v) is 8.05. The van der Waals surface area contributed by atoms with E-state index in [9.17, 15) is 9.59 Å². The Kier molecular flexibility index (Phi) is 6.98. The Labute approximate surface area is 179 Å². The smallest absolute Gasteiger partial charge is 0.323 e. The Balaban J connectivity index is 1.81. The predicted molar refractivity (Wildman–Crippen MR) is 124 cm³/mol. The van der Waals surface area contributed by atoms with Crippen LogP contribution in [0.1, 0.15) is 54.6 Å². The van der Waals surface area contributed by atoms with Gasteiger partial charge < -0.3 is 20.9 Å². The van der Waals surface area contributed by atoms with E-state index in [0.717, 1.165) is 54.9 Å². The van der Waals surface area contributed by atoms with Crippen molar-refractivity contribution in [3.63, 3.8) is 0 Å². The lowest BCUT2D eigenvalue weighted by Gasteiger charge is -2.23. The van der Waals surface area contributed by atoms with Crippen LogP contribution < -0.4 is 20.9 Å². The molecule has 1 unspecified atom stereocenters. The van der Waals surface area contributed by atoms with Crippen LogP contribution in [0.5, 0.6) is 0 Å². The Morgan fingerprint density at radius 2 is 1.70 bits per heavy atom. The molecule has 2 aromatic rings. The molecule has 0 spiro atoms. The van der Waals surface area contributed by atoms with Crippen molar-refractivity contribution >= 4 is 29.0 Å². The molecule has 3 N–H and O–H groups in total. The molecular formula is C24H32N4O2. The fourth-order valence-electron chi connectivity index (χ4n) is 3.72. The standard InChI is InChI=1S/C24H32N4O2/c1-5-18(4)25-23(29)20-15-19(11-12-21(20)28-13-6-7-14-28)26-24(30)27-22-16(2)9-8-10-17(22)3/h8-12,15,18H,5-7,13-14H2,1-4H3,(H,25,29)(H2,26,27,30). The molecular weight excluding hydrogens is 376 g/mol. The second-order valence-electron chi connectivity index (χ2n) is 8.05. The fourth-order valence-corrected chi connectivity index (χ4v) is 3.72. The molecule has 160 valence electrons. The third kappa shape index (κ3) is 5.12. The molecule has 3 rings (SSSR count). The van der Waals surface area contributed by atoms with Crippen molar-refractivity contribution in [3.8, 4) is 0 Å². The molecule has 0 aromatic heterocycles. The average Bonchev–Trinajstić information content (AvgIpc) is 3.25. The van der Waals surface area contributed by atoms with Gasteiger partial charge in [-0.3, -0.25) is 4.79 Å². The van der Waals surface area contributed by atoms with E-state index in [2.05, 4.69) is 20.9 Å². The summed E-state index contributed by atoms with van der Waals surface area (Å²) in [5.41, 5.74) is 4.93. The maximum Gasteiger partial charge on any atom is 0.323 e. The van der Waals surface area contributed by atoms with Gasteiger partial charge in [0.15, 0.2) is 0 Å². The van der Waals surface area contributed by atoms with Gasteiger partial charge in [0.2, 0.25) is 0 Å². The first-order valence-electron chi connectivity index (χ1n) is 10.7. The lowest BCUT2D eigenvalue weighted by atomic mass is 10.1. The largest absolute Gasteiger partial charge is 0.371 e. The number of amides is 3. The van der Waals surface area contributed by atoms with Crippen LogP contribution in [-0.4, -0.2) is 31.1 Å². The molecule has 6 nitrogen and oxygen atoms in total. The van der Waals surface area contributed by atoms with E-state index in [1.54, 1.807) is 6.07 Å². The first kappa shape index (κ1) is 21.7. The topological polar surface area (TPSA) is 73.5 Å². The number of rotatable bonds is 6. The Bertz CT molecular complexity index is 899. The lowest BCUT2D eigenvalue weighted by Crippen LogP contribution is -2.33. The van der Waals surface area contributed by atoms with E-state index in [1.807, 2.05) is 58.0 Å². The van der Waals surface area contributed by atoms with Gasteiger partial charge in [0.25, 0.3) is 5.91 Å². The zero-order chi connectivity index (χ0) is 21.7. The van der Waals surface area contributed by atoms with E-state index in [4.69, 9.17) is 0 Å². The van der Waals surface area contributed by atoms with Gasteiger partial charge in [0.1, 0.15) is 0 Å². The molecule has 1 atom stereocenters. The molecule has 6 heteroatoms. The molecule has 1 aliphatic rings. The van der Waals surface area contributed by atoms with Crippen LogP contribution in [0, 0.1) is 13.8 Å². The van der Waals surface area contributed by atoms with Gasteiger partial charge in [-0.25, -0.2) is 4.79 Å². The van der Waals surface area contributed by atoms with Crippen LogP contribution in [0.4, 0.5) is 21.9 Å². The highest BCUT2D eigenvalue weighted by Gasteiger charge is 2.21. The summed E-state index contributed by atoms with van der Waals surface area (Å²) in [4.78, 5) is 27.8. The zero-order valence-electron chi connectivity index (χ0n) is 18.3. The normalized spacial score (nSPS) is 14.3. The van der Waals surface area contributed by atoms with Gasteiger partial charge in [-0.1, -0.05) is 25.1 Å². The van der Waals surface area contributed by atoms with E-state index < -0.39 is 0 Å². The molecule has 30 heavy (non-hydrogen) atoms.